The zero-order valence-corrected chi connectivity index (χ0v) is 16.6. The molecular formula is C22H38O3. The number of hydrogen-bond acceptors (Lipinski definition) is 3. The van der Waals surface area contributed by atoms with Gasteiger partial charge in [-0.15, -0.1) is 0 Å². The van der Waals surface area contributed by atoms with E-state index in [1.165, 1.54) is 19.3 Å². The summed E-state index contributed by atoms with van der Waals surface area (Å²) >= 11 is 0. The summed E-state index contributed by atoms with van der Waals surface area (Å²) in [5, 5.41) is 31.9. The van der Waals surface area contributed by atoms with E-state index in [0.717, 1.165) is 38.5 Å². The van der Waals surface area contributed by atoms with Crippen molar-refractivity contribution in [2.45, 2.75) is 103 Å². The van der Waals surface area contributed by atoms with Crippen molar-refractivity contribution in [1.29, 1.82) is 0 Å². The van der Waals surface area contributed by atoms with Crippen LogP contribution in [-0.4, -0.2) is 33.1 Å². The molecular weight excluding hydrogens is 312 g/mol. The molecule has 25 heavy (non-hydrogen) atoms. The van der Waals surface area contributed by atoms with Crippen LogP contribution < -0.4 is 0 Å². The minimum atomic E-state index is -0.910. The van der Waals surface area contributed by atoms with Gasteiger partial charge in [0.2, 0.25) is 0 Å². The Morgan fingerprint density at radius 3 is 2.12 bits per heavy atom. The van der Waals surface area contributed by atoms with Crippen LogP contribution in [0.4, 0.5) is 0 Å². The topological polar surface area (TPSA) is 60.7 Å². The Labute approximate surface area is 153 Å². The summed E-state index contributed by atoms with van der Waals surface area (Å²) in [5.74, 6) is 1.94. The third-order valence-electron chi connectivity index (χ3n) is 10.3. The lowest BCUT2D eigenvalue weighted by Gasteiger charge is -2.65. The molecule has 144 valence electrons. The highest BCUT2D eigenvalue weighted by Crippen LogP contribution is 2.71. The SMILES string of the molecule is C[C@H](O)[C@@]1(O)CC[C@H]2[C@H]3CC[C@@]4(C)C[C@H](O)CC[C@]4(C)[C@@H]3CC[C@@]21C. The molecule has 0 aromatic rings. The first-order chi connectivity index (χ1) is 11.6. The smallest absolute Gasteiger partial charge is 0.0958 e. The molecule has 0 saturated heterocycles. The van der Waals surface area contributed by atoms with E-state index in [9.17, 15) is 15.3 Å². The van der Waals surface area contributed by atoms with Gasteiger partial charge in [-0.1, -0.05) is 20.8 Å². The summed E-state index contributed by atoms with van der Waals surface area (Å²) in [4.78, 5) is 0. The normalized spacial score (nSPS) is 59.6. The molecule has 9 atom stereocenters. The molecule has 0 aliphatic heterocycles. The van der Waals surface area contributed by atoms with E-state index in [-0.39, 0.29) is 16.9 Å². The molecule has 4 saturated carbocycles. The van der Waals surface area contributed by atoms with Gasteiger partial charge in [0.25, 0.3) is 0 Å². The van der Waals surface area contributed by atoms with E-state index in [4.69, 9.17) is 0 Å². The number of aliphatic hydroxyl groups excluding tert-OH is 2. The molecule has 0 unspecified atom stereocenters. The summed E-state index contributed by atoms with van der Waals surface area (Å²) in [5.41, 5.74) is -0.464. The highest BCUT2D eigenvalue weighted by atomic mass is 16.3. The summed E-state index contributed by atoms with van der Waals surface area (Å²) in [6, 6.07) is 0. The highest BCUT2D eigenvalue weighted by Gasteiger charge is 2.67. The maximum Gasteiger partial charge on any atom is 0.0958 e. The van der Waals surface area contributed by atoms with E-state index in [1.807, 2.05) is 0 Å². The molecule has 4 fully saturated rings. The van der Waals surface area contributed by atoms with Gasteiger partial charge in [-0.25, -0.2) is 0 Å². The van der Waals surface area contributed by atoms with Crippen LogP contribution in [0, 0.1) is 34.0 Å². The number of fused-ring (bicyclic) bond motifs is 5. The molecule has 4 aliphatic carbocycles. The van der Waals surface area contributed by atoms with Gasteiger partial charge in [0.05, 0.1) is 17.8 Å². The molecule has 3 nitrogen and oxygen atoms in total. The van der Waals surface area contributed by atoms with Crippen molar-refractivity contribution in [2.75, 3.05) is 0 Å². The second-order valence-electron chi connectivity index (χ2n) is 10.9. The summed E-state index contributed by atoms with van der Waals surface area (Å²) in [6.45, 7) is 8.98. The molecule has 0 aromatic carbocycles. The van der Waals surface area contributed by atoms with Crippen molar-refractivity contribution < 1.29 is 15.3 Å². The van der Waals surface area contributed by atoms with Crippen molar-refractivity contribution in [3.05, 3.63) is 0 Å². The lowest BCUT2D eigenvalue weighted by atomic mass is 9.40. The maximum atomic E-state index is 11.3. The third kappa shape index (κ3) is 2.15. The number of hydrogen-bond donors (Lipinski definition) is 3. The van der Waals surface area contributed by atoms with E-state index < -0.39 is 11.7 Å². The van der Waals surface area contributed by atoms with E-state index >= 15 is 0 Å². The second kappa shape index (κ2) is 5.45. The maximum absolute atomic E-state index is 11.3. The molecule has 0 amide bonds. The fraction of sp³-hybridized carbons (Fsp3) is 1.00. The van der Waals surface area contributed by atoms with Gasteiger partial charge < -0.3 is 15.3 Å². The second-order valence-corrected chi connectivity index (χ2v) is 10.9. The first-order valence-electron chi connectivity index (χ1n) is 10.7. The first-order valence-corrected chi connectivity index (χ1v) is 10.7. The van der Waals surface area contributed by atoms with Crippen LogP contribution in [-0.2, 0) is 0 Å². The van der Waals surface area contributed by atoms with Crippen molar-refractivity contribution >= 4 is 0 Å². The van der Waals surface area contributed by atoms with Gasteiger partial charge in [0.1, 0.15) is 0 Å². The van der Waals surface area contributed by atoms with Crippen LogP contribution in [0.3, 0.4) is 0 Å². The summed E-state index contributed by atoms with van der Waals surface area (Å²) in [7, 11) is 0. The van der Waals surface area contributed by atoms with Gasteiger partial charge in [-0.3, -0.25) is 0 Å². The highest BCUT2D eigenvalue weighted by molar-refractivity contribution is 5.16. The molecule has 0 bridgehead atoms. The van der Waals surface area contributed by atoms with E-state index in [2.05, 4.69) is 20.8 Å². The van der Waals surface area contributed by atoms with Gasteiger partial charge >= 0.3 is 0 Å². The van der Waals surface area contributed by atoms with E-state index in [1.54, 1.807) is 6.92 Å². The molecule has 0 spiro atoms. The lowest BCUT2D eigenvalue weighted by molar-refractivity contribution is -0.203. The Balaban J connectivity index is 1.67. The van der Waals surface area contributed by atoms with Crippen LogP contribution >= 0.6 is 0 Å². The molecule has 0 heterocycles. The largest absolute Gasteiger partial charge is 0.393 e. The van der Waals surface area contributed by atoms with Crippen molar-refractivity contribution in [3.8, 4) is 0 Å². The van der Waals surface area contributed by atoms with Gasteiger partial charge in [-0.2, -0.15) is 0 Å². The van der Waals surface area contributed by atoms with Crippen molar-refractivity contribution in [2.24, 2.45) is 34.0 Å². The zero-order valence-electron chi connectivity index (χ0n) is 16.6. The quantitative estimate of drug-likeness (QED) is 0.672. The predicted octanol–water partition coefficient (Wildman–Crippen LogP) is 3.89. The fourth-order valence-electron chi connectivity index (χ4n) is 8.35. The predicted molar refractivity (Wildman–Crippen MR) is 99.0 cm³/mol. The first kappa shape index (κ1) is 18.3. The Bertz CT molecular complexity index is 547. The van der Waals surface area contributed by atoms with Gasteiger partial charge in [-0.05, 0) is 93.3 Å². The summed E-state index contributed by atoms with van der Waals surface area (Å²) < 4.78 is 0. The van der Waals surface area contributed by atoms with E-state index in [0.29, 0.717) is 23.2 Å². The number of rotatable bonds is 1. The molecule has 3 N–H and O–H groups in total. The van der Waals surface area contributed by atoms with Gasteiger partial charge in [0, 0.05) is 5.41 Å². The lowest BCUT2D eigenvalue weighted by Crippen LogP contribution is -2.61. The summed E-state index contributed by atoms with van der Waals surface area (Å²) in [6.07, 6.45) is 8.78. The average Bonchev–Trinajstić information content (AvgIpc) is 2.82. The van der Waals surface area contributed by atoms with Crippen molar-refractivity contribution in [3.63, 3.8) is 0 Å². The Morgan fingerprint density at radius 1 is 0.840 bits per heavy atom. The van der Waals surface area contributed by atoms with Gasteiger partial charge in [0.15, 0.2) is 0 Å². The molecule has 0 radical (unpaired) electrons. The minimum absolute atomic E-state index is 0.115. The monoisotopic (exact) mass is 350 g/mol. The Kier molecular flexibility index (Phi) is 3.98. The third-order valence-corrected chi connectivity index (χ3v) is 10.3. The van der Waals surface area contributed by atoms with Crippen molar-refractivity contribution in [1.82, 2.24) is 0 Å². The fourth-order valence-corrected chi connectivity index (χ4v) is 8.35. The standard InChI is InChI=1S/C22H38O3/c1-14(23)22(25)12-8-18-16-6-9-19(2)13-15(24)5-10-20(19,3)17(16)7-11-21(18,22)4/h14-18,23-25H,5-13H2,1-4H3/t14-,15+,16-,17+,18-,19-,20+,21-,22-/m0/s1. The zero-order chi connectivity index (χ0) is 18.3. The van der Waals surface area contributed by atoms with Crippen LogP contribution in [0.5, 0.6) is 0 Å². The molecule has 3 heteroatoms. The Hall–Kier alpha value is -0.120. The van der Waals surface area contributed by atoms with Crippen LogP contribution in [0.25, 0.3) is 0 Å². The van der Waals surface area contributed by atoms with Crippen LogP contribution in [0.2, 0.25) is 0 Å². The minimum Gasteiger partial charge on any atom is -0.393 e. The average molecular weight is 351 g/mol. The van der Waals surface area contributed by atoms with Crippen LogP contribution in [0.15, 0.2) is 0 Å². The number of aliphatic hydroxyl groups is 3. The molecule has 4 rings (SSSR count). The Morgan fingerprint density at radius 2 is 1.44 bits per heavy atom. The molecule has 4 aliphatic rings. The molecule has 0 aromatic heterocycles. The van der Waals surface area contributed by atoms with Crippen LogP contribution in [0.1, 0.15) is 85.5 Å².